The third-order valence-corrected chi connectivity index (χ3v) is 10.6. The molecule has 180 valence electrons. The van der Waals surface area contributed by atoms with E-state index >= 15 is 0 Å². The molecule has 0 bridgehead atoms. The summed E-state index contributed by atoms with van der Waals surface area (Å²) in [6.07, 6.45) is 3.75. The Labute approximate surface area is 187 Å². The van der Waals surface area contributed by atoms with E-state index < -0.39 is 17.6 Å². The highest BCUT2D eigenvalue weighted by Crippen LogP contribution is 2.21. The van der Waals surface area contributed by atoms with E-state index in [9.17, 15) is 0 Å². The average Bonchev–Trinajstić information content (AvgIpc) is 2.69. The molecule has 0 atom stereocenters. The Morgan fingerprint density at radius 3 is 1.77 bits per heavy atom. The van der Waals surface area contributed by atoms with Crippen LogP contribution < -0.4 is 0 Å². The lowest BCUT2D eigenvalue weighted by Crippen LogP contribution is -2.46. The van der Waals surface area contributed by atoms with Gasteiger partial charge in [-0.05, 0) is 59.3 Å². The van der Waals surface area contributed by atoms with Crippen LogP contribution in [0.5, 0.6) is 0 Å². The Morgan fingerprint density at radius 1 is 0.767 bits per heavy atom. The van der Waals surface area contributed by atoms with Gasteiger partial charge in [-0.15, -0.1) is 0 Å². The molecule has 0 amide bonds. The van der Waals surface area contributed by atoms with E-state index in [1.54, 1.807) is 14.2 Å². The number of hydrogen-bond acceptors (Lipinski definition) is 7. The fourth-order valence-corrected chi connectivity index (χ4v) is 8.06. The molecular weight excluding hydrogens is 418 g/mol. The number of unbranched alkanes of at least 4 members (excludes halogenated alkanes) is 1. The summed E-state index contributed by atoms with van der Waals surface area (Å²) in [5.74, 6) is 0.637. The first-order valence-electron chi connectivity index (χ1n) is 11.5. The summed E-state index contributed by atoms with van der Waals surface area (Å²) < 4.78 is 35.3. The van der Waals surface area contributed by atoms with Gasteiger partial charge in [0.05, 0.1) is 0 Å². The molecule has 9 heteroatoms. The van der Waals surface area contributed by atoms with Gasteiger partial charge < -0.3 is 26.6 Å². The predicted molar refractivity (Wildman–Crippen MR) is 127 cm³/mol. The van der Waals surface area contributed by atoms with Crippen molar-refractivity contribution in [1.29, 1.82) is 0 Å². The van der Waals surface area contributed by atoms with Crippen LogP contribution in [0.1, 0.15) is 67.2 Å². The van der Waals surface area contributed by atoms with Crippen LogP contribution in [0.15, 0.2) is 4.99 Å². The fourth-order valence-electron chi connectivity index (χ4n) is 3.37. The lowest BCUT2D eigenvalue weighted by Gasteiger charge is -2.29. The number of aliphatic imine (C=N–C) groups is 1. The van der Waals surface area contributed by atoms with Crippen molar-refractivity contribution in [2.45, 2.75) is 79.3 Å². The van der Waals surface area contributed by atoms with Crippen molar-refractivity contribution >= 4 is 23.3 Å². The monoisotopic (exact) mass is 465 g/mol. The lowest BCUT2D eigenvalue weighted by atomic mass is 10.1. The smallest absolute Gasteiger partial charge is 0.377 e. The second-order valence-electron chi connectivity index (χ2n) is 7.70. The maximum absolute atomic E-state index is 6.13. The summed E-state index contributed by atoms with van der Waals surface area (Å²) in [6.45, 7) is 15.7. The standard InChI is InChI=1S/C21H47NO6Si2/c1-9-25-30(26-10-2,27-11-3)17-13-12-16-28-29(23-7,24-8)18-14-15-22-21(6)19-20(4)5/h20H,9-19H2,1-8H3. The summed E-state index contributed by atoms with van der Waals surface area (Å²) in [4.78, 5) is 4.66. The summed E-state index contributed by atoms with van der Waals surface area (Å²) in [5.41, 5.74) is 1.21. The molecule has 30 heavy (non-hydrogen) atoms. The van der Waals surface area contributed by atoms with Crippen molar-refractivity contribution in [3.63, 3.8) is 0 Å². The Kier molecular flexibility index (Phi) is 17.3. The highest BCUT2D eigenvalue weighted by atomic mass is 28.4. The zero-order valence-electron chi connectivity index (χ0n) is 20.8. The molecule has 0 saturated heterocycles. The fraction of sp³-hybridized carbons (Fsp3) is 0.952. The maximum atomic E-state index is 6.13. The summed E-state index contributed by atoms with van der Waals surface area (Å²) in [7, 11) is -1.86. The van der Waals surface area contributed by atoms with Gasteiger partial charge in [-0.3, -0.25) is 4.99 Å². The van der Waals surface area contributed by atoms with E-state index in [0.29, 0.717) is 32.3 Å². The zero-order valence-corrected chi connectivity index (χ0v) is 22.8. The van der Waals surface area contributed by atoms with Crippen molar-refractivity contribution in [2.24, 2.45) is 10.9 Å². The minimum Gasteiger partial charge on any atom is -0.377 e. The Hall–Kier alpha value is -0.136. The molecule has 0 rings (SSSR count). The summed E-state index contributed by atoms with van der Waals surface area (Å²) in [5, 5.41) is 0. The molecule has 0 aliphatic heterocycles. The summed E-state index contributed by atoms with van der Waals surface area (Å²) >= 11 is 0. The van der Waals surface area contributed by atoms with Gasteiger partial charge in [0.25, 0.3) is 0 Å². The maximum Gasteiger partial charge on any atom is 0.500 e. The lowest BCUT2D eigenvalue weighted by molar-refractivity contribution is 0.0693. The SMILES string of the molecule is CCO[Si](CCCCO[Si](CCCN=C(C)CC(C)C)(OC)OC)(OCC)OCC. The third kappa shape index (κ3) is 12.7. The average molecular weight is 466 g/mol. The van der Waals surface area contributed by atoms with E-state index in [2.05, 4.69) is 25.8 Å². The van der Waals surface area contributed by atoms with E-state index in [-0.39, 0.29) is 0 Å². The zero-order chi connectivity index (χ0) is 22.9. The molecule has 0 spiro atoms. The molecule has 0 saturated carbocycles. The highest BCUT2D eigenvalue weighted by molar-refractivity contribution is 6.61. The number of rotatable bonds is 20. The first-order valence-corrected chi connectivity index (χ1v) is 15.3. The van der Waals surface area contributed by atoms with Crippen LogP contribution in [0.25, 0.3) is 0 Å². The molecular formula is C21H47NO6Si2. The van der Waals surface area contributed by atoms with Crippen LogP contribution >= 0.6 is 0 Å². The quantitative estimate of drug-likeness (QED) is 0.144. The second-order valence-corrected chi connectivity index (χ2v) is 13.4. The van der Waals surface area contributed by atoms with E-state index in [1.165, 1.54) is 5.71 Å². The van der Waals surface area contributed by atoms with Crippen molar-refractivity contribution in [1.82, 2.24) is 0 Å². The number of hydrogen-bond donors (Lipinski definition) is 0. The molecule has 0 aromatic heterocycles. The van der Waals surface area contributed by atoms with Gasteiger partial charge in [0, 0.05) is 65.0 Å². The van der Waals surface area contributed by atoms with Crippen LogP contribution in [0.2, 0.25) is 12.1 Å². The Morgan fingerprint density at radius 2 is 1.30 bits per heavy atom. The minimum atomic E-state index is -2.64. The van der Waals surface area contributed by atoms with Gasteiger partial charge in [-0.25, -0.2) is 0 Å². The molecule has 0 heterocycles. The van der Waals surface area contributed by atoms with E-state index in [0.717, 1.165) is 44.3 Å². The molecule has 0 aliphatic carbocycles. The molecule has 0 radical (unpaired) electrons. The van der Waals surface area contributed by atoms with Gasteiger partial charge >= 0.3 is 17.6 Å². The normalized spacial score (nSPS) is 13.4. The Balaban J connectivity index is 4.48. The van der Waals surface area contributed by atoms with Crippen molar-refractivity contribution in [2.75, 3.05) is 47.2 Å². The molecule has 7 nitrogen and oxygen atoms in total. The van der Waals surface area contributed by atoms with Gasteiger partial charge in [0.2, 0.25) is 0 Å². The molecule has 0 unspecified atom stereocenters. The van der Waals surface area contributed by atoms with Crippen LogP contribution in [0.4, 0.5) is 0 Å². The first-order chi connectivity index (χ1) is 14.3. The van der Waals surface area contributed by atoms with Crippen LogP contribution in [-0.2, 0) is 26.6 Å². The molecule has 0 aromatic carbocycles. The molecule has 0 N–H and O–H groups in total. The highest BCUT2D eigenvalue weighted by Gasteiger charge is 2.40. The van der Waals surface area contributed by atoms with Crippen LogP contribution in [0, 0.1) is 5.92 Å². The third-order valence-electron chi connectivity index (χ3n) is 4.64. The van der Waals surface area contributed by atoms with Gasteiger partial charge in [0.1, 0.15) is 0 Å². The van der Waals surface area contributed by atoms with Crippen molar-refractivity contribution < 1.29 is 26.6 Å². The van der Waals surface area contributed by atoms with Crippen molar-refractivity contribution in [3.8, 4) is 0 Å². The van der Waals surface area contributed by atoms with Crippen molar-refractivity contribution in [3.05, 3.63) is 0 Å². The van der Waals surface area contributed by atoms with E-state index in [1.807, 2.05) is 20.8 Å². The van der Waals surface area contributed by atoms with Crippen LogP contribution in [0.3, 0.4) is 0 Å². The molecule has 0 fully saturated rings. The first kappa shape index (κ1) is 29.9. The minimum absolute atomic E-state index is 0.596. The topological polar surface area (TPSA) is 67.7 Å². The van der Waals surface area contributed by atoms with Crippen LogP contribution in [-0.4, -0.2) is 70.5 Å². The van der Waals surface area contributed by atoms with Gasteiger partial charge in [-0.1, -0.05) is 13.8 Å². The van der Waals surface area contributed by atoms with Gasteiger partial charge in [-0.2, -0.15) is 0 Å². The second kappa shape index (κ2) is 17.4. The van der Waals surface area contributed by atoms with E-state index in [4.69, 9.17) is 26.6 Å². The van der Waals surface area contributed by atoms with Gasteiger partial charge in [0.15, 0.2) is 0 Å². The predicted octanol–water partition coefficient (Wildman–Crippen LogP) is 4.96. The summed E-state index contributed by atoms with van der Waals surface area (Å²) in [6, 6.07) is 1.57. The molecule has 0 aromatic rings. The largest absolute Gasteiger partial charge is 0.500 e. The Bertz CT molecular complexity index is 430. The molecule has 0 aliphatic rings. The number of nitrogens with zero attached hydrogens (tertiary/aromatic N) is 1.